The molecule has 1 fully saturated rings. The predicted molar refractivity (Wildman–Crippen MR) is 162 cm³/mol. The summed E-state index contributed by atoms with van der Waals surface area (Å²) in [6.07, 6.45) is 4.35. The van der Waals surface area contributed by atoms with Crippen LogP contribution < -0.4 is 4.74 Å². The Kier molecular flexibility index (Phi) is 8.35. The van der Waals surface area contributed by atoms with Crippen molar-refractivity contribution in [3.63, 3.8) is 0 Å². The third kappa shape index (κ3) is 6.23. The number of thiazole rings is 1. The van der Waals surface area contributed by atoms with E-state index < -0.39 is 30.0 Å². The molecular weight excluding hydrogens is 659 g/mol. The molecule has 1 aliphatic heterocycles. The topological polar surface area (TPSA) is 117 Å². The molecule has 0 spiro atoms. The molecule has 1 N–H and O–H groups in total. The second kappa shape index (κ2) is 12.8. The van der Waals surface area contributed by atoms with Crippen LogP contribution in [-0.4, -0.2) is 53.1 Å². The van der Waals surface area contributed by atoms with Gasteiger partial charge in [0, 0.05) is 42.6 Å². The van der Waals surface area contributed by atoms with Crippen LogP contribution in [0.5, 0.6) is 5.88 Å². The van der Waals surface area contributed by atoms with Crippen LogP contribution in [0, 0.1) is 17.5 Å². The zero-order chi connectivity index (χ0) is 33.5. The van der Waals surface area contributed by atoms with Crippen molar-refractivity contribution in [1.82, 2.24) is 29.3 Å². The molecule has 1 aliphatic rings. The Labute approximate surface area is 272 Å². The van der Waals surface area contributed by atoms with Crippen molar-refractivity contribution in [2.75, 3.05) is 6.61 Å². The molecule has 1 unspecified atom stereocenters. The Morgan fingerprint density at radius 1 is 1.08 bits per heavy atom. The maximum Gasteiger partial charge on any atom is 0.335 e. The van der Waals surface area contributed by atoms with Gasteiger partial charge in [-0.2, -0.15) is 13.9 Å². The lowest BCUT2D eigenvalue weighted by Crippen LogP contribution is -2.31. The van der Waals surface area contributed by atoms with Gasteiger partial charge in [-0.05, 0) is 42.3 Å². The molecule has 246 valence electrons. The summed E-state index contributed by atoms with van der Waals surface area (Å²) in [4.78, 5) is 25.1. The smallest absolute Gasteiger partial charge is 0.335 e. The molecule has 7 rings (SSSR count). The number of fused-ring (bicyclic) bond motifs is 1. The molecule has 0 amide bonds. The van der Waals surface area contributed by atoms with Gasteiger partial charge in [0.2, 0.25) is 5.88 Å². The summed E-state index contributed by atoms with van der Waals surface area (Å²) in [7, 11) is 0. The molecule has 1 atom stereocenters. The highest BCUT2D eigenvalue weighted by Crippen LogP contribution is 2.31. The molecule has 0 saturated carbocycles. The average molecular weight is 683 g/mol. The van der Waals surface area contributed by atoms with Gasteiger partial charge in [0.05, 0.1) is 40.5 Å². The summed E-state index contributed by atoms with van der Waals surface area (Å²) in [5.41, 5.74) is 0.281. The largest absolute Gasteiger partial charge is 0.478 e. The first-order valence-electron chi connectivity index (χ1n) is 14.5. The van der Waals surface area contributed by atoms with Crippen LogP contribution in [0.2, 0.25) is 0 Å². The second-order valence-electron chi connectivity index (χ2n) is 10.9. The Balaban J connectivity index is 1.11. The van der Waals surface area contributed by atoms with Crippen molar-refractivity contribution < 1.29 is 41.3 Å². The number of rotatable bonds is 11. The molecule has 0 radical (unpaired) electrons. The van der Waals surface area contributed by atoms with Crippen LogP contribution >= 0.6 is 11.3 Å². The monoisotopic (exact) mass is 682 g/mol. The quantitative estimate of drug-likeness (QED) is 0.147. The molecule has 0 aliphatic carbocycles. The van der Waals surface area contributed by atoms with E-state index in [1.54, 1.807) is 16.7 Å². The number of halogens is 5. The first-order valence-corrected chi connectivity index (χ1v) is 15.3. The number of hydrogen-bond acceptors (Lipinski definition) is 8. The lowest BCUT2D eigenvalue weighted by Gasteiger charge is -2.27. The van der Waals surface area contributed by atoms with E-state index in [4.69, 9.17) is 9.47 Å². The van der Waals surface area contributed by atoms with Gasteiger partial charge in [-0.15, -0.1) is 11.3 Å². The number of imidazole rings is 1. The number of pyridine rings is 1. The number of aromatic nitrogens is 6. The SMILES string of the molecule is O=C(O)c1cc(F)c2nc(Cc3cc(F)c(-c4cccc(OCc5ncc(-c6cnn(C(F)F)c6)s5)n4)cc3F)n(CC3CCO3)c2c1. The normalized spacial score (nSPS) is 14.5. The van der Waals surface area contributed by atoms with E-state index >= 15 is 8.78 Å². The van der Waals surface area contributed by atoms with E-state index in [1.807, 2.05) is 0 Å². The summed E-state index contributed by atoms with van der Waals surface area (Å²) in [6, 6.07) is 8.81. The zero-order valence-corrected chi connectivity index (χ0v) is 25.4. The van der Waals surface area contributed by atoms with E-state index in [-0.39, 0.29) is 70.8 Å². The number of carboxylic acid groups (broad SMARTS) is 1. The molecule has 2 aromatic carbocycles. The number of alkyl halides is 2. The molecule has 48 heavy (non-hydrogen) atoms. The van der Waals surface area contributed by atoms with Gasteiger partial charge < -0.3 is 19.1 Å². The van der Waals surface area contributed by atoms with E-state index in [9.17, 15) is 23.1 Å². The first-order chi connectivity index (χ1) is 23.1. The number of carbonyl (C=O) groups is 1. The van der Waals surface area contributed by atoms with E-state index in [2.05, 4.69) is 20.1 Å². The van der Waals surface area contributed by atoms with Crippen LogP contribution in [0.4, 0.5) is 22.0 Å². The molecule has 5 heterocycles. The Morgan fingerprint density at radius 3 is 2.65 bits per heavy atom. The number of nitrogens with zero attached hydrogens (tertiary/aromatic N) is 6. The number of hydrogen-bond donors (Lipinski definition) is 1. The maximum absolute atomic E-state index is 15.5. The molecule has 1 saturated heterocycles. The highest BCUT2D eigenvalue weighted by Gasteiger charge is 2.25. The van der Waals surface area contributed by atoms with Gasteiger partial charge in [0.1, 0.15) is 34.6 Å². The van der Waals surface area contributed by atoms with Gasteiger partial charge in [0.15, 0.2) is 5.82 Å². The number of carboxylic acids is 1. The van der Waals surface area contributed by atoms with Crippen molar-refractivity contribution >= 4 is 28.3 Å². The van der Waals surface area contributed by atoms with Gasteiger partial charge in [0.25, 0.3) is 0 Å². The fourth-order valence-electron chi connectivity index (χ4n) is 5.28. The molecule has 4 aromatic heterocycles. The maximum atomic E-state index is 15.5. The minimum atomic E-state index is -2.76. The second-order valence-corrected chi connectivity index (χ2v) is 12.0. The van der Waals surface area contributed by atoms with Crippen LogP contribution in [0.25, 0.3) is 32.7 Å². The lowest BCUT2D eigenvalue weighted by molar-refractivity contribution is -0.0589. The van der Waals surface area contributed by atoms with Crippen LogP contribution in [0.15, 0.2) is 61.1 Å². The summed E-state index contributed by atoms with van der Waals surface area (Å²) in [5, 5.41) is 13.6. The van der Waals surface area contributed by atoms with Crippen molar-refractivity contribution in [1.29, 1.82) is 0 Å². The minimum Gasteiger partial charge on any atom is -0.478 e. The number of aromatic carboxylic acids is 1. The predicted octanol–water partition coefficient (Wildman–Crippen LogP) is 6.89. The van der Waals surface area contributed by atoms with E-state index in [0.717, 1.165) is 24.6 Å². The molecule has 16 heteroatoms. The molecule has 10 nitrogen and oxygen atoms in total. The molecule has 6 aromatic rings. The Bertz CT molecular complexity index is 2160. The van der Waals surface area contributed by atoms with E-state index in [0.29, 0.717) is 26.7 Å². The third-order valence-corrected chi connectivity index (χ3v) is 8.80. The number of benzene rings is 2. The van der Waals surface area contributed by atoms with Gasteiger partial charge in [-0.25, -0.2) is 37.6 Å². The third-order valence-electron chi connectivity index (χ3n) is 7.78. The summed E-state index contributed by atoms with van der Waals surface area (Å²) in [6.45, 7) is -1.99. The molecule has 0 bridgehead atoms. The van der Waals surface area contributed by atoms with E-state index in [1.165, 1.54) is 42.1 Å². The van der Waals surface area contributed by atoms with Crippen molar-refractivity contribution in [2.45, 2.75) is 38.6 Å². The fourth-order valence-corrected chi connectivity index (χ4v) is 6.08. The first kappa shape index (κ1) is 31.4. The summed E-state index contributed by atoms with van der Waals surface area (Å²) in [5.74, 6) is -3.34. The van der Waals surface area contributed by atoms with Crippen LogP contribution in [0.3, 0.4) is 0 Å². The average Bonchev–Trinajstić information content (AvgIpc) is 3.79. The Morgan fingerprint density at radius 2 is 1.92 bits per heavy atom. The van der Waals surface area contributed by atoms with Crippen molar-refractivity contribution in [2.24, 2.45) is 0 Å². The zero-order valence-electron chi connectivity index (χ0n) is 24.6. The summed E-state index contributed by atoms with van der Waals surface area (Å²) >= 11 is 1.22. The summed E-state index contributed by atoms with van der Waals surface area (Å²) < 4.78 is 85.0. The van der Waals surface area contributed by atoms with Crippen LogP contribution in [0.1, 0.15) is 39.7 Å². The van der Waals surface area contributed by atoms with Crippen molar-refractivity contribution in [3.05, 3.63) is 100 Å². The van der Waals surface area contributed by atoms with Crippen molar-refractivity contribution in [3.8, 4) is 27.6 Å². The van der Waals surface area contributed by atoms with Gasteiger partial charge in [-0.1, -0.05) is 6.07 Å². The minimum absolute atomic E-state index is 0.0126. The molecular formula is C32H23F5N6O4S. The highest BCUT2D eigenvalue weighted by atomic mass is 32.1. The highest BCUT2D eigenvalue weighted by molar-refractivity contribution is 7.15. The Hall–Kier alpha value is -5.22. The van der Waals surface area contributed by atoms with Gasteiger partial charge >= 0.3 is 12.5 Å². The fraction of sp³-hybridized carbons (Fsp3) is 0.219. The number of ether oxygens (including phenoxy) is 2. The van der Waals surface area contributed by atoms with Gasteiger partial charge in [-0.3, -0.25) is 0 Å². The van der Waals surface area contributed by atoms with Crippen LogP contribution in [-0.2, 0) is 24.3 Å². The lowest BCUT2D eigenvalue weighted by atomic mass is 10.0. The standard InChI is InChI=1S/C32H23F5N6O4S/c33-21-10-20(24-2-1-3-28(40-24)47-15-29-38-12-26(48-29)18-11-39-43(13-18)32(36)37)22(34)6-16(21)9-27-41-30-23(35)7-17(31(44)45)8-25(30)42(27)14-19-4-5-46-19/h1-3,6-8,10-13,19,32H,4-5,9,14-15H2,(H,44,45).